The lowest BCUT2D eigenvalue weighted by atomic mass is 10.3. The van der Waals surface area contributed by atoms with Crippen LogP contribution in [0.4, 0.5) is 0 Å². The first kappa shape index (κ1) is 25.7. The molecule has 0 aromatic rings. The summed E-state index contributed by atoms with van der Waals surface area (Å²) in [6.07, 6.45) is -0.286. The van der Waals surface area contributed by atoms with E-state index in [2.05, 4.69) is 13.2 Å². The zero-order valence-electron chi connectivity index (χ0n) is 17.4. The van der Waals surface area contributed by atoms with Gasteiger partial charge in [0.1, 0.15) is 12.7 Å². The summed E-state index contributed by atoms with van der Waals surface area (Å²) in [5.74, 6) is -0.975. The summed E-state index contributed by atoms with van der Waals surface area (Å²) in [5, 5.41) is 9.75. The van der Waals surface area contributed by atoms with Gasteiger partial charge in [0.2, 0.25) is 0 Å². The first-order chi connectivity index (χ1) is 12.3. The van der Waals surface area contributed by atoms with Crippen LogP contribution in [0.25, 0.3) is 0 Å². The van der Waals surface area contributed by atoms with Gasteiger partial charge in [0.15, 0.2) is 8.32 Å². The van der Waals surface area contributed by atoms with Gasteiger partial charge in [-0.2, -0.15) is 0 Å². The Kier molecular flexibility index (Phi) is 11.0. The predicted octanol–water partition coefficient (Wildman–Crippen LogP) is 2.92. The number of hydrogen-bond acceptors (Lipinski definition) is 7. The third-order valence-electron chi connectivity index (χ3n) is 3.16. The van der Waals surface area contributed by atoms with E-state index in [1.54, 1.807) is 6.92 Å². The highest BCUT2D eigenvalue weighted by molar-refractivity contribution is 6.82. The molecule has 2 atom stereocenters. The van der Waals surface area contributed by atoms with Crippen LogP contribution in [0.2, 0.25) is 32.2 Å². The zero-order chi connectivity index (χ0) is 21.3. The monoisotopic (exact) mass is 418 g/mol. The summed E-state index contributed by atoms with van der Waals surface area (Å²) in [7, 11) is -4.59. The molecule has 0 saturated carbocycles. The molecular formula is C18H34O7Si2. The summed E-state index contributed by atoms with van der Waals surface area (Å²) >= 11 is 0. The lowest BCUT2D eigenvalue weighted by Gasteiger charge is -2.33. The number of carbonyl (C=O) groups excluding carboxylic acids is 2. The second-order valence-electron chi connectivity index (χ2n) is 7.73. The van der Waals surface area contributed by atoms with Crippen molar-refractivity contribution in [3.8, 4) is 0 Å². The van der Waals surface area contributed by atoms with Crippen LogP contribution in [0.1, 0.15) is 20.3 Å². The van der Waals surface area contributed by atoms with E-state index in [9.17, 15) is 14.7 Å². The lowest BCUT2D eigenvalue weighted by molar-refractivity contribution is -0.143. The summed E-state index contributed by atoms with van der Waals surface area (Å²) < 4.78 is 22.1. The molecule has 0 aliphatic rings. The van der Waals surface area contributed by atoms with Crippen molar-refractivity contribution in [1.82, 2.24) is 0 Å². The average Bonchev–Trinajstić information content (AvgIpc) is 2.49. The van der Waals surface area contributed by atoms with Crippen molar-refractivity contribution in [2.45, 2.75) is 58.6 Å². The maximum Gasteiger partial charge on any atom is 0.388 e. The van der Waals surface area contributed by atoms with Gasteiger partial charge in [-0.1, -0.05) is 13.2 Å². The van der Waals surface area contributed by atoms with Crippen molar-refractivity contribution in [1.29, 1.82) is 0 Å². The Morgan fingerprint density at radius 1 is 1.00 bits per heavy atom. The molecule has 0 bridgehead atoms. The highest BCUT2D eigenvalue weighted by Crippen LogP contribution is 2.22. The minimum Gasteiger partial charge on any atom is -0.492 e. The molecule has 156 valence electrons. The Balaban J connectivity index is 4.36. The SMILES string of the molecule is C=C(C)C(=O)OCC(O)COCCC[Si](C)(OC(=O)C(=C)C)O[Si](C)(C)C. The minimum absolute atomic E-state index is 0.0438. The summed E-state index contributed by atoms with van der Waals surface area (Å²) in [6, 6.07) is 0.580. The predicted molar refractivity (Wildman–Crippen MR) is 109 cm³/mol. The number of aliphatic hydroxyl groups is 1. The van der Waals surface area contributed by atoms with Crippen LogP contribution in [0.15, 0.2) is 24.3 Å². The number of hydrogen-bond donors (Lipinski definition) is 1. The van der Waals surface area contributed by atoms with Crippen LogP contribution in [0.5, 0.6) is 0 Å². The van der Waals surface area contributed by atoms with Gasteiger partial charge in [-0.15, -0.1) is 0 Å². The molecule has 0 aliphatic heterocycles. The molecule has 0 fully saturated rings. The first-order valence-electron chi connectivity index (χ1n) is 8.93. The van der Waals surface area contributed by atoms with Gasteiger partial charge < -0.3 is 23.1 Å². The maximum atomic E-state index is 11.9. The first-order valence-corrected chi connectivity index (χ1v) is 14.9. The standard InChI is InChI=1S/C18H34O7Si2/c1-14(2)17(20)23-13-16(19)12-22-10-9-11-27(8,25-26(5,6)7)24-18(21)15(3)4/h16,19H,1,3,9-13H2,2,4-8H3. The van der Waals surface area contributed by atoms with Gasteiger partial charge in [0.05, 0.1) is 6.61 Å². The zero-order valence-corrected chi connectivity index (χ0v) is 19.4. The molecule has 0 aromatic carbocycles. The molecule has 27 heavy (non-hydrogen) atoms. The number of aliphatic hydroxyl groups excluding tert-OH is 1. The van der Waals surface area contributed by atoms with Crippen molar-refractivity contribution in [2.24, 2.45) is 0 Å². The third kappa shape index (κ3) is 12.7. The van der Waals surface area contributed by atoms with Crippen LogP contribution in [-0.4, -0.2) is 59.8 Å². The van der Waals surface area contributed by atoms with Crippen LogP contribution in [-0.2, 0) is 27.6 Å². The van der Waals surface area contributed by atoms with E-state index >= 15 is 0 Å². The normalized spacial score (nSPS) is 14.8. The van der Waals surface area contributed by atoms with E-state index < -0.39 is 34.9 Å². The quantitative estimate of drug-likeness (QED) is 0.213. The smallest absolute Gasteiger partial charge is 0.388 e. The molecule has 0 amide bonds. The molecular weight excluding hydrogens is 384 g/mol. The molecule has 2 unspecified atom stereocenters. The largest absolute Gasteiger partial charge is 0.492 e. The van der Waals surface area contributed by atoms with Crippen molar-refractivity contribution in [2.75, 3.05) is 19.8 Å². The molecule has 9 heteroatoms. The van der Waals surface area contributed by atoms with Gasteiger partial charge in [0, 0.05) is 23.8 Å². The highest BCUT2D eigenvalue weighted by Gasteiger charge is 2.39. The topological polar surface area (TPSA) is 91.3 Å². The van der Waals surface area contributed by atoms with E-state index in [0.29, 0.717) is 24.6 Å². The molecule has 0 heterocycles. The van der Waals surface area contributed by atoms with Gasteiger partial charge in [-0.3, -0.25) is 0 Å². The van der Waals surface area contributed by atoms with Gasteiger partial charge in [0.25, 0.3) is 0 Å². The van der Waals surface area contributed by atoms with Gasteiger partial charge in [-0.05, 0) is 46.5 Å². The van der Waals surface area contributed by atoms with Gasteiger partial charge in [-0.25, -0.2) is 9.59 Å². The van der Waals surface area contributed by atoms with Crippen LogP contribution >= 0.6 is 0 Å². The molecule has 0 spiro atoms. The average molecular weight is 419 g/mol. The summed E-state index contributed by atoms with van der Waals surface area (Å²) in [5.41, 5.74) is 0.621. The molecule has 0 rings (SSSR count). The third-order valence-corrected chi connectivity index (χ3v) is 9.22. The van der Waals surface area contributed by atoms with Crippen molar-refractivity contribution >= 4 is 28.8 Å². The van der Waals surface area contributed by atoms with Crippen LogP contribution in [0, 0.1) is 0 Å². The number of esters is 1. The van der Waals surface area contributed by atoms with Crippen molar-refractivity contribution < 1.29 is 32.7 Å². The maximum absolute atomic E-state index is 11.9. The van der Waals surface area contributed by atoms with E-state index in [-0.39, 0.29) is 18.8 Å². The Bertz CT molecular complexity index is 542. The summed E-state index contributed by atoms with van der Waals surface area (Å²) in [6.45, 7) is 18.5. The fourth-order valence-corrected chi connectivity index (χ4v) is 9.32. The highest BCUT2D eigenvalue weighted by atomic mass is 28.4. The number of rotatable bonds is 13. The van der Waals surface area contributed by atoms with Crippen LogP contribution in [0.3, 0.4) is 0 Å². The molecule has 0 saturated heterocycles. The van der Waals surface area contributed by atoms with E-state index in [1.807, 2.05) is 26.2 Å². The summed E-state index contributed by atoms with van der Waals surface area (Å²) in [4.78, 5) is 23.2. The molecule has 0 aromatic heterocycles. The van der Waals surface area contributed by atoms with E-state index in [0.717, 1.165) is 0 Å². The van der Waals surface area contributed by atoms with Gasteiger partial charge >= 0.3 is 20.5 Å². The fourth-order valence-electron chi connectivity index (χ4n) is 2.11. The molecule has 0 radical (unpaired) electrons. The molecule has 1 N–H and O–H groups in total. The Hall–Kier alpha value is -1.27. The Morgan fingerprint density at radius 3 is 2.04 bits per heavy atom. The van der Waals surface area contributed by atoms with Crippen molar-refractivity contribution in [3.63, 3.8) is 0 Å². The van der Waals surface area contributed by atoms with Crippen LogP contribution < -0.4 is 0 Å². The lowest BCUT2D eigenvalue weighted by Crippen LogP contribution is -2.48. The number of ether oxygens (including phenoxy) is 2. The second kappa shape index (κ2) is 11.5. The Morgan fingerprint density at radius 2 is 1.56 bits per heavy atom. The fraction of sp³-hybridized carbons (Fsp3) is 0.667. The molecule has 0 aliphatic carbocycles. The van der Waals surface area contributed by atoms with Crippen molar-refractivity contribution in [3.05, 3.63) is 24.3 Å². The minimum atomic E-state index is -2.70. The Labute approximate surface area is 164 Å². The van der Waals surface area contributed by atoms with E-state index in [1.165, 1.54) is 6.92 Å². The number of carbonyl (C=O) groups is 2. The second-order valence-corrected chi connectivity index (χ2v) is 15.7. The van der Waals surface area contributed by atoms with E-state index in [4.69, 9.17) is 18.0 Å². The molecule has 7 nitrogen and oxygen atoms in total.